The highest BCUT2D eigenvalue weighted by atomic mass is 19.1. The van der Waals surface area contributed by atoms with Crippen LogP contribution < -0.4 is 10.6 Å². The predicted molar refractivity (Wildman–Crippen MR) is 98.3 cm³/mol. The van der Waals surface area contributed by atoms with Crippen LogP contribution in [0.1, 0.15) is 23.6 Å². The fraction of sp³-hybridized carbons (Fsp3) is 0.200. The molecule has 5 heteroatoms. The van der Waals surface area contributed by atoms with E-state index in [0.717, 1.165) is 22.8 Å². The summed E-state index contributed by atoms with van der Waals surface area (Å²) in [5, 5.41) is 5.23. The van der Waals surface area contributed by atoms with E-state index in [9.17, 15) is 13.2 Å². The standard InChI is InChI=1S/C20H21F3N2/c1-11-6-7-12(2)16(10-11)15(5)25-20-17(22)8-9-18(19(20)23)24-14(4)13(3)21/h6-10,13,24-25H,4-5H2,1-3H3. The van der Waals surface area contributed by atoms with Gasteiger partial charge in [-0.3, -0.25) is 0 Å². The van der Waals surface area contributed by atoms with Crippen molar-refractivity contribution in [2.45, 2.75) is 26.9 Å². The highest BCUT2D eigenvalue weighted by molar-refractivity contribution is 5.79. The van der Waals surface area contributed by atoms with Gasteiger partial charge < -0.3 is 10.6 Å². The molecule has 0 heterocycles. The molecule has 0 saturated carbocycles. The zero-order valence-electron chi connectivity index (χ0n) is 14.5. The van der Waals surface area contributed by atoms with E-state index in [2.05, 4.69) is 23.8 Å². The highest BCUT2D eigenvalue weighted by Gasteiger charge is 2.17. The number of alkyl halides is 1. The van der Waals surface area contributed by atoms with Gasteiger partial charge in [0.05, 0.1) is 5.69 Å². The van der Waals surface area contributed by atoms with Crippen molar-refractivity contribution < 1.29 is 13.2 Å². The van der Waals surface area contributed by atoms with Gasteiger partial charge in [0.2, 0.25) is 0 Å². The van der Waals surface area contributed by atoms with Crippen molar-refractivity contribution in [2.24, 2.45) is 0 Å². The summed E-state index contributed by atoms with van der Waals surface area (Å²) < 4.78 is 42.0. The van der Waals surface area contributed by atoms with Crippen LogP contribution in [0.2, 0.25) is 0 Å². The summed E-state index contributed by atoms with van der Waals surface area (Å²) in [5.41, 5.74) is 2.64. The Bertz CT molecular complexity index is 826. The van der Waals surface area contributed by atoms with Gasteiger partial charge >= 0.3 is 0 Å². The van der Waals surface area contributed by atoms with Gasteiger partial charge in [-0.05, 0) is 44.5 Å². The quantitative estimate of drug-likeness (QED) is 0.675. The largest absolute Gasteiger partial charge is 0.355 e. The topological polar surface area (TPSA) is 24.1 Å². The first-order valence-corrected chi connectivity index (χ1v) is 7.82. The van der Waals surface area contributed by atoms with Crippen LogP contribution in [0.3, 0.4) is 0 Å². The van der Waals surface area contributed by atoms with Gasteiger partial charge in [0.1, 0.15) is 17.7 Å². The normalized spacial score (nSPS) is 11.8. The number of allylic oxidation sites excluding steroid dienone is 1. The minimum atomic E-state index is -1.37. The molecule has 25 heavy (non-hydrogen) atoms. The highest BCUT2D eigenvalue weighted by Crippen LogP contribution is 2.30. The third-order valence-corrected chi connectivity index (χ3v) is 3.86. The van der Waals surface area contributed by atoms with Crippen LogP contribution in [-0.2, 0) is 0 Å². The first kappa shape index (κ1) is 18.6. The maximum absolute atomic E-state index is 14.6. The maximum Gasteiger partial charge on any atom is 0.173 e. The van der Waals surface area contributed by atoms with E-state index >= 15 is 0 Å². The Kier molecular flexibility index (Phi) is 5.57. The fourth-order valence-corrected chi connectivity index (χ4v) is 2.32. The molecule has 2 nitrogen and oxygen atoms in total. The molecule has 0 radical (unpaired) electrons. The number of hydrogen-bond acceptors (Lipinski definition) is 2. The van der Waals surface area contributed by atoms with Crippen LogP contribution >= 0.6 is 0 Å². The molecule has 0 fully saturated rings. The number of nitrogens with one attached hydrogen (secondary N) is 2. The van der Waals surface area contributed by atoms with E-state index in [1.54, 1.807) is 0 Å². The molecule has 0 aliphatic heterocycles. The second kappa shape index (κ2) is 7.47. The van der Waals surface area contributed by atoms with Gasteiger partial charge in [0.25, 0.3) is 0 Å². The van der Waals surface area contributed by atoms with Gasteiger partial charge in [-0.2, -0.15) is 0 Å². The number of rotatable bonds is 6. The summed E-state index contributed by atoms with van der Waals surface area (Å²) in [6.07, 6.45) is -1.37. The predicted octanol–water partition coefficient (Wildman–Crippen LogP) is 5.95. The van der Waals surface area contributed by atoms with Crippen molar-refractivity contribution in [3.63, 3.8) is 0 Å². The van der Waals surface area contributed by atoms with E-state index in [1.807, 2.05) is 32.0 Å². The van der Waals surface area contributed by atoms with Crippen molar-refractivity contribution in [1.82, 2.24) is 0 Å². The number of hydrogen-bond donors (Lipinski definition) is 2. The first-order valence-electron chi connectivity index (χ1n) is 7.82. The van der Waals surface area contributed by atoms with Crippen LogP contribution in [0, 0.1) is 25.5 Å². The van der Waals surface area contributed by atoms with Crippen LogP contribution in [0.15, 0.2) is 49.2 Å². The van der Waals surface area contributed by atoms with Crippen molar-refractivity contribution in [3.05, 3.63) is 77.5 Å². The molecular formula is C20H21F3N2. The second-order valence-electron chi connectivity index (χ2n) is 5.97. The average molecular weight is 346 g/mol. The first-order chi connectivity index (χ1) is 11.7. The van der Waals surface area contributed by atoms with Gasteiger partial charge in [0.15, 0.2) is 5.82 Å². The Morgan fingerprint density at radius 3 is 2.36 bits per heavy atom. The summed E-state index contributed by atoms with van der Waals surface area (Å²) in [6, 6.07) is 8.04. The van der Waals surface area contributed by atoms with Crippen molar-refractivity contribution in [3.8, 4) is 0 Å². The van der Waals surface area contributed by atoms with Crippen LogP contribution in [-0.4, -0.2) is 6.17 Å². The van der Waals surface area contributed by atoms with E-state index in [-0.39, 0.29) is 17.1 Å². The lowest BCUT2D eigenvalue weighted by Crippen LogP contribution is -2.11. The smallest absolute Gasteiger partial charge is 0.173 e. The Hall–Kier alpha value is -2.69. The molecule has 1 unspecified atom stereocenters. The van der Waals surface area contributed by atoms with Crippen molar-refractivity contribution >= 4 is 17.1 Å². The lowest BCUT2D eigenvalue weighted by atomic mass is 10.0. The van der Waals surface area contributed by atoms with Gasteiger partial charge in [0, 0.05) is 17.0 Å². The fourth-order valence-electron chi connectivity index (χ4n) is 2.32. The monoisotopic (exact) mass is 346 g/mol. The maximum atomic E-state index is 14.6. The van der Waals surface area contributed by atoms with Crippen molar-refractivity contribution in [2.75, 3.05) is 10.6 Å². The van der Waals surface area contributed by atoms with E-state index in [0.29, 0.717) is 5.70 Å². The van der Waals surface area contributed by atoms with Gasteiger partial charge in [-0.25, -0.2) is 13.2 Å². The molecule has 0 bridgehead atoms. The summed E-state index contributed by atoms with van der Waals surface area (Å²) in [4.78, 5) is 0. The number of halogens is 3. The molecule has 0 saturated heterocycles. The Balaban J connectivity index is 2.34. The summed E-state index contributed by atoms with van der Waals surface area (Å²) in [5.74, 6) is -1.64. The van der Waals surface area contributed by atoms with Gasteiger partial charge in [-0.1, -0.05) is 30.9 Å². The van der Waals surface area contributed by atoms with Crippen LogP contribution in [0.25, 0.3) is 5.70 Å². The lowest BCUT2D eigenvalue weighted by Gasteiger charge is -2.17. The zero-order chi connectivity index (χ0) is 18.7. The molecule has 2 N–H and O–H groups in total. The van der Waals surface area contributed by atoms with Crippen LogP contribution in [0.4, 0.5) is 24.5 Å². The molecule has 2 rings (SSSR count). The summed E-state index contributed by atoms with van der Waals surface area (Å²) >= 11 is 0. The number of aryl methyl sites for hydroxylation is 2. The van der Waals surface area contributed by atoms with E-state index < -0.39 is 17.8 Å². The molecule has 132 valence electrons. The lowest BCUT2D eigenvalue weighted by molar-refractivity contribution is 0.414. The molecule has 0 spiro atoms. The zero-order valence-corrected chi connectivity index (χ0v) is 14.5. The van der Waals surface area contributed by atoms with E-state index in [4.69, 9.17) is 0 Å². The molecule has 2 aromatic carbocycles. The van der Waals surface area contributed by atoms with Crippen molar-refractivity contribution in [1.29, 1.82) is 0 Å². The summed E-state index contributed by atoms with van der Waals surface area (Å²) in [7, 11) is 0. The SMILES string of the molecule is C=C(Nc1c(F)ccc(NC(=C)C(C)F)c1F)c1cc(C)ccc1C. The number of benzene rings is 2. The molecule has 0 aliphatic carbocycles. The van der Waals surface area contributed by atoms with E-state index in [1.165, 1.54) is 13.0 Å². The second-order valence-corrected chi connectivity index (χ2v) is 5.97. The minimum Gasteiger partial charge on any atom is -0.355 e. The Morgan fingerprint density at radius 2 is 1.72 bits per heavy atom. The molecule has 2 aromatic rings. The minimum absolute atomic E-state index is 0.00943. The average Bonchev–Trinajstić information content (AvgIpc) is 2.55. The van der Waals surface area contributed by atoms with Gasteiger partial charge in [-0.15, -0.1) is 0 Å². The molecule has 1 atom stereocenters. The van der Waals surface area contributed by atoms with Crippen LogP contribution in [0.5, 0.6) is 0 Å². The summed E-state index contributed by atoms with van der Waals surface area (Å²) in [6.45, 7) is 12.5. The Morgan fingerprint density at radius 1 is 1.04 bits per heavy atom. The number of anilines is 2. The molecule has 0 amide bonds. The molecule has 0 aliphatic rings. The third-order valence-electron chi connectivity index (χ3n) is 3.86. The Labute approximate surface area is 146 Å². The molecule has 0 aromatic heterocycles. The third kappa shape index (κ3) is 4.24. The molecular weight excluding hydrogens is 325 g/mol.